The van der Waals surface area contributed by atoms with Crippen LogP contribution in [-0.4, -0.2) is 134 Å². The lowest BCUT2D eigenvalue weighted by atomic mass is 9.87. The summed E-state index contributed by atoms with van der Waals surface area (Å²) in [6, 6.07) is 0. The minimum atomic E-state index is -5.59. The van der Waals surface area contributed by atoms with Gasteiger partial charge in [-0.2, -0.15) is 4.31 Å². The third-order valence-electron chi connectivity index (χ3n) is 9.17. The first kappa shape index (κ1) is 55.3. The molecule has 3 rings (SSSR count). The van der Waals surface area contributed by atoms with E-state index in [9.17, 15) is 63.0 Å². The van der Waals surface area contributed by atoms with E-state index in [0.717, 1.165) is 48.2 Å². The number of carbonyl (C=O) groups excluding carboxylic acids is 3. The number of phosphoric ester groups is 3. The molecule has 2 aromatic heterocycles. The second-order valence-corrected chi connectivity index (χ2v) is 20.4. The Hall–Kier alpha value is -3.00. The van der Waals surface area contributed by atoms with Crippen molar-refractivity contribution in [3.63, 3.8) is 0 Å². The number of hydrogen-bond acceptors (Lipinski definition) is 19. The highest BCUT2D eigenvalue weighted by Crippen LogP contribution is 2.61. The number of aliphatic hydroxyl groups excluding tert-OH is 3. The zero-order chi connectivity index (χ0) is 47.7. The monoisotopic (exact) mass is 989 g/mol. The third-order valence-corrected chi connectivity index (χ3v) is 13.2. The van der Waals surface area contributed by atoms with Gasteiger partial charge in [-0.05, 0) is 32.1 Å². The number of aromatic nitrogens is 4. The lowest BCUT2D eigenvalue weighted by molar-refractivity contribution is -0.137. The Labute approximate surface area is 373 Å². The Bertz CT molecular complexity index is 2060. The molecule has 362 valence electrons. The first-order chi connectivity index (χ1) is 29.9. The number of ether oxygens (including phenoxy) is 1. The number of unbranched alkanes of at least 4 members (excludes halogenated alkanes) is 1. The molecule has 8 unspecified atom stereocenters. The standard InChI is InChI=1S/C35H58N7O18P3S/c1-4-5-6-7-8-9-10-11-12-23(43)13-14-26(45)64-18-17-37-25(44)15-16-38-33(48)30(47)35(2,3)20-57-63(54,55)60-62(52,53)56-19-24-29(59-61(49,50)51)28(46)34(58-24)42-22-41-27-31(36)39-21-40-32(27)42/h6-7,9-10,21-24,28-30,34,43,46-47H,4-5,8,11-20H2,1-3H3,(H,37,44)(H,38,48)(H,52,53)(H,54,55)(H2,36,39,40)(H2,49,50,51)/b7-6+,10-9+. The van der Waals surface area contributed by atoms with E-state index in [1.807, 2.05) is 12.2 Å². The molecule has 11 N–H and O–H groups in total. The topological polar surface area (TPSA) is 384 Å². The molecule has 2 amide bonds. The van der Waals surface area contributed by atoms with Crippen molar-refractivity contribution in [3.05, 3.63) is 37.0 Å². The third kappa shape index (κ3) is 19.1. The number of thioether (sulfide) groups is 1. The number of amides is 2. The molecule has 0 spiro atoms. The number of rotatable bonds is 29. The molecule has 1 saturated heterocycles. The molecule has 0 bridgehead atoms. The van der Waals surface area contributed by atoms with E-state index < -0.39 is 90.7 Å². The highest BCUT2D eigenvalue weighted by atomic mass is 32.2. The highest BCUT2D eigenvalue weighted by Gasteiger charge is 2.50. The zero-order valence-electron chi connectivity index (χ0n) is 35.4. The van der Waals surface area contributed by atoms with E-state index >= 15 is 0 Å². The summed E-state index contributed by atoms with van der Waals surface area (Å²) in [5, 5.41) is 36.5. The van der Waals surface area contributed by atoms with Crippen LogP contribution in [0.25, 0.3) is 11.2 Å². The Balaban J connectivity index is 1.37. The van der Waals surface area contributed by atoms with E-state index in [0.29, 0.717) is 19.3 Å². The summed E-state index contributed by atoms with van der Waals surface area (Å²) in [5.74, 6) is -1.21. The van der Waals surface area contributed by atoms with Crippen molar-refractivity contribution in [2.75, 3.05) is 37.8 Å². The van der Waals surface area contributed by atoms with Crippen molar-refractivity contribution in [2.45, 2.75) is 109 Å². The maximum Gasteiger partial charge on any atom is 0.481 e. The second kappa shape index (κ2) is 25.8. The van der Waals surface area contributed by atoms with Crippen LogP contribution in [0.15, 0.2) is 37.0 Å². The number of allylic oxidation sites excluding steroid dienone is 4. The summed E-state index contributed by atoms with van der Waals surface area (Å²) in [5.41, 5.74) is 4.24. The van der Waals surface area contributed by atoms with Gasteiger partial charge in [0.2, 0.25) is 11.8 Å². The lowest BCUT2D eigenvalue weighted by Crippen LogP contribution is -2.46. The normalized spacial score (nSPS) is 21.2. The molecule has 29 heteroatoms. The van der Waals surface area contributed by atoms with Crippen molar-refractivity contribution < 1.29 is 85.6 Å². The fourth-order valence-corrected chi connectivity index (χ4v) is 9.28. The van der Waals surface area contributed by atoms with Gasteiger partial charge in [0.25, 0.3) is 0 Å². The minimum Gasteiger partial charge on any atom is -0.393 e. The van der Waals surface area contributed by atoms with Crippen molar-refractivity contribution in [2.24, 2.45) is 5.41 Å². The highest BCUT2D eigenvalue weighted by molar-refractivity contribution is 8.13. The summed E-state index contributed by atoms with van der Waals surface area (Å²) in [7, 11) is -16.4. The van der Waals surface area contributed by atoms with E-state index in [1.54, 1.807) is 0 Å². The number of phosphoric acid groups is 3. The van der Waals surface area contributed by atoms with Crippen LogP contribution >= 0.6 is 35.2 Å². The molecule has 1 aliphatic heterocycles. The maximum atomic E-state index is 12.7. The van der Waals surface area contributed by atoms with Gasteiger partial charge in [-0.3, -0.25) is 32.5 Å². The predicted octanol–water partition coefficient (Wildman–Crippen LogP) is 1.89. The fraction of sp³-hybridized carbons (Fsp3) is 0.657. The van der Waals surface area contributed by atoms with Gasteiger partial charge in [0, 0.05) is 37.1 Å². The molecule has 0 aromatic carbocycles. The fourth-order valence-electron chi connectivity index (χ4n) is 5.76. The molecular weight excluding hydrogens is 931 g/mol. The van der Waals surface area contributed by atoms with Gasteiger partial charge in [0.1, 0.15) is 36.3 Å². The lowest BCUT2D eigenvalue weighted by Gasteiger charge is -2.30. The molecule has 1 fully saturated rings. The summed E-state index contributed by atoms with van der Waals surface area (Å²) in [4.78, 5) is 88.1. The number of nitrogens with two attached hydrogens (primary N) is 1. The number of fused-ring (bicyclic) bond motifs is 1. The number of nitrogens with one attached hydrogen (secondary N) is 2. The van der Waals surface area contributed by atoms with Gasteiger partial charge in [0.15, 0.2) is 22.8 Å². The van der Waals surface area contributed by atoms with E-state index in [1.165, 1.54) is 13.8 Å². The molecule has 1 aliphatic rings. The molecule has 0 aliphatic carbocycles. The number of anilines is 1. The largest absolute Gasteiger partial charge is 0.481 e. The smallest absolute Gasteiger partial charge is 0.393 e. The van der Waals surface area contributed by atoms with Crippen molar-refractivity contribution >= 4 is 69.1 Å². The zero-order valence-corrected chi connectivity index (χ0v) is 38.9. The number of hydrogen-bond donors (Lipinski definition) is 10. The van der Waals surface area contributed by atoms with Gasteiger partial charge in [-0.25, -0.2) is 28.6 Å². The predicted molar refractivity (Wildman–Crippen MR) is 229 cm³/mol. The quantitative estimate of drug-likeness (QED) is 0.0316. The number of nitrogen functional groups attached to an aromatic ring is 1. The van der Waals surface area contributed by atoms with Crippen LogP contribution in [0.4, 0.5) is 5.82 Å². The van der Waals surface area contributed by atoms with Gasteiger partial charge in [-0.15, -0.1) is 0 Å². The van der Waals surface area contributed by atoms with Crippen LogP contribution in [0.3, 0.4) is 0 Å². The van der Waals surface area contributed by atoms with Crippen LogP contribution in [0, 0.1) is 5.41 Å². The van der Waals surface area contributed by atoms with Gasteiger partial charge in [0.05, 0.1) is 25.6 Å². The van der Waals surface area contributed by atoms with Crippen LogP contribution in [0.1, 0.15) is 78.4 Å². The van der Waals surface area contributed by atoms with Crippen LogP contribution in [0.5, 0.6) is 0 Å². The van der Waals surface area contributed by atoms with Crippen LogP contribution < -0.4 is 16.4 Å². The summed E-state index contributed by atoms with van der Waals surface area (Å²) < 4.78 is 62.3. The van der Waals surface area contributed by atoms with Gasteiger partial charge < -0.3 is 56.0 Å². The van der Waals surface area contributed by atoms with Crippen molar-refractivity contribution in [1.82, 2.24) is 30.2 Å². The van der Waals surface area contributed by atoms with E-state index in [-0.39, 0.29) is 53.8 Å². The number of nitrogens with zero attached hydrogens (tertiary/aromatic N) is 4. The average molecular weight is 990 g/mol. The second-order valence-electron chi connectivity index (χ2n) is 15.0. The molecule has 25 nitrogen and oxygen atoms in total. The Morgan fingerprint density at radius 2 is 1.66 bits per heavy atom. The van der Waals surface area contributed by atoms with Crippen LogP contribution in [0.2, 0.25) is 0 Å². The summed E-state index contributed by atoms with van der Waals surface area (Å²) in [6.45, 7) is 2.51. The number of carbonyl (C=O) groups is 3. The first-order valence-electron chi connectivity index (χ1n) is 20.0. The first-order valence-corrected chi connectivity index (χ1v) is 25.5. The number of imidazole rings is 1. The van der Waals surface area contributed by atoms with Crippen molar-refractivity contribution in [1.29, 1.82) is 0 Å². The molecule has 64 heavy (non-hydrogen) atoms. The Morgan fingerprint density at radius 1 is 0.969 bits per heavy atom. The Kier molecular flexibility index (Phi) is 22.3. The Morgan fingerprint density at radius 3 is 2.34 bits per heavy atom. The van der Waals surface area contributed by atoms with Gasteiger partial charge in [-0.1, -0.05) is 63.3 Å². The summed E-state index contributed by atoms with van der Waals surface area (Å²) in [6.07, 6.45) is 5.46. The summed E-state index contributed by atoms with van der Waals surface area (Å²) >= 11 is 1.02. The SMILES string of the molecule is CCC/C=C/C/C=C/CCC(O)CCC(=O)SCCNC(=O)CCNC(=O)C(O)C(C)(C)COP(=O)(O)OP(=O)(O)OCC1OC(n2cnc3c(N)ncnc32)C(O)C1OP(=O)(O)O. The average Bonchev–Trinajstić information content (AvgIpc) is 3.77. The molecule has 2 aromatic rings. The molecular formula is C35H58N7O18P3S. The van der Waals surface area contributed by atoms with E-state index in [2.05, 4.69) is 53.5 Å². The van der Waals surface area contributed by atoms with Crippen LogP contribution in [-0.2, 0) is 50.7 Å². The minimum absolute atomic E-state index is 0.0262. The molecule has 8 atom stereocenters. The molecule has 0 radical (unpaired) electrons. The molecule has 0 saturated carbocycles. The molecule has 3 heterocycles. The van der Waals surface area contributed by atoms with Gasteiger partial charge >= 0.3 is 23.5 Å². The van der Waals surface area contributed by atoms with Crippen molar-refractivity contribution in [3.8, 4) is 0 Å². The maximum absolute atomic E-state index is 12.7. The van der Waals surface area contributed by atoms with E-state index in [4.69, 9.17) is 19.5 Å². The number of aliphatic hydroxyl groups is 3.